The van der Waals surface area contributed by atoms with Gasteiger partial charge in [0.25, 0.3) is 5.91 Å². The summed E-state index contributed by atoms with van der Waals surface area (Å²) in [7, 11) is 1.85. The number of nitrogens with zero attached hydrogens (tertiary/aromatic N) is 3. The predicted octanol–water partition coefficient (Wildman–Crippen LogP) is 3.00. The summed E-state index contributed by atoms with van der Waals surface area (Å²) >= 11 is 1.48. The van der Waals surface area contributed by atoms with E-state index in [1.807, 2.05) is 44.1 Å². The maximum absolute atomic E-state index is 12.6. The molecule has 1 fully saturated rings. The Morgan fingerprint density at radius 2 is 2.19 bits per heavy atom. The van der Waals surface area contributed by atoms with Crippen LogP contribution in [0.2, 0.25) is 0 Å². The van der Waals surface area contributed by atoms with Gasteiger partial charge in [0.05, 0.1) is 17.1 Å². The molecule has 2 aromatic rings. The van der Waals surface area contributed by atoms with Crippen molar-refractivity contribution in [2.24, 2.45) is 7.05 Å². The summed E-state index contributed by atoms with van der Waals surface area (Å²) in [5.74, 6) is -0.0541. The number of hydrogen-bond acceptors (Lipinski definition) is 4. The van der Waals surface area contributed by atoms with E-state index >= 15 is 0 Å². The Balaban J connectivity index is 1.70. The largest absolute Gasteiger partial charge is 0.349 e. The molecule has 1 unspecified atom stereocenters. The Morgan fingerprint density at radius 1 is 1.38 bits per heavy atom. The molecule has 138 valence electrons. The Kier molecular flexibility index (Phi) is 5.56. The standard InChI is InChI=1S/C19H24N4O2S/c1-13(2)21-19(25)17-8-7-16(26-17)15-5-4-10-23(15)18(24)9-6-14-11-20-22(3)12-14/h6-9,11-13,15H,4-5,10H2,1-3H3,(H,21,25). The molecule has 1 atom stereocenters. The second-order valence-electron chi connectivity index (χ2n) is 6.80. The van der Waals surface area contributed by atoms with E-state index in [-0.39, 0.29) is 23.9 Å². The van der Waals surface area contributed by atoms with Crippen LogP contribution in [0.4, 0.5) is 0 Å². The number of carbonyl (C=O) groups excluding carboxylic acids is 2. The number of rotatable bonds is 5. The van der Waals surface area contributed by atoms with Gasteiger partial charge in [-0.15, -0.1) is 11.3 Å². The van der Waals surface area contributed by atoms with Gasteiger partial charge in [0.2, 0.25) is 5.91 Å². The van der Waals surface area contributed by atoms with Gasteiger partial charge in [-0.05, 0) is 44.9 Å². The first-order valence-corrected chi connectivity index (χ1v) is 9.63. The van der Waals surface area contributed by atoms with Crippen LogP contribution in [0, 0.1) is 0 Å². The summed E-state index contributed by atoms with van der Waals surface area (Å²) < 4.78 is 1.71. The van der Waals surface area contributed by atoms with E-state index in [1.54, 1.807) is 23.0 Å². The van der Waals surface area contributed by atoms with Crippen molar-refractivity contribution < 1.29 is 9.59 Å². The van der Waals surface area contributed by atoms with Gasteiger partial charge in [0.1, 0.15) is 0 Å². The van der Waals surface area contributed by atoms with Crippen LogP contribution in [0.3, 0.4) is 0 Å². The van der Waals surface area contributed by atoms with Crippen LogP contribution in [0.5, 0.6) is 0 Å². The summed E-state index contributed by atoms with van der Waals surface area (Å²) in [5, 5.41) is 7.01. The van der Waals surface area contributed by atoms with Gasteiger partial charge in [0.15, 0.2) is 0 Å². The third-order valence-electron chi connectivity index (χ3n) is 4.28. The third kappa shape index (κ3) is 4.22. The van der Waals surface area contributed by atoms with Crippen molar-refractivity contribution in [3.05, 3.63) is 45.9 Å². The summed E-state index contributed by atoms with van der Waals surface area (Å²) in [5.41, 5.74) is 0.903. The van der Waals surface area contributed by atoms with E-state index in [4.69, 9.17) is 0 Å². The van der Waals surface area contributed by atoms with Gasteiger partial charge in [-0.1, -0.05) is 0 Å². The highest BCUT2D eigenvalue weighted by Gasteiger charge is 2.30. The number of hydrogen-bond donors (Lipinski definition) is 1. The van der Waals surface area contributed by atoms with Crippen molar-refractivity contribution in [1.29, 1.82) is 0 Å². The van der Waals surface area contributed by atoms with E-state index < -0.39 is 0 Å². The van der Waals surface area contributed by atoms with Crippen molar-refractivity contribution in [3.8, 4) is 0 Å². The van der Waals surface area contributed by atoms with Crippen LogP contribution in [0.1, 0.15) is 52.8 Å². The van der Waals surface area contributed by atoms with Crippen LogP contribution in [-0.4, -0.2) is 39.1 Å². The Hall–Kier alpha value is -2.41. The SMILES string of the molecule is CC(C)NC(=O)c1ccc(C2CCCN2C(=O)C=Cc2cnn(C)c2)s1. The van der Waals surface area contributed by atoms with Crippen molar-refractivity contribution in [2.45, 2.75) is 38.8 Å². The molecule has 0 aromatic carbocycles. The lowest BCUT2D eigenvalue weighted by Gasteiger charge is -2.22. The lowest BCUT2D eigenvalue weighted by Crippen LogP contribution is -2.29. The van der Waals surface area contributed by atoms with Crippen molar-refractivity contribution in [2.75, 3.05) is 6.54 Å². The summed E-state index contributed by atoms with van der Waals surface area (Å²) in [6, 6.07) is 3.98. The Bertz CT molecular complexity index is 821. The first-order chi connectivity index (χ1) is 12.4. The summed E-state index contributed by atoms with van der Waals surface area (Å²) in [4.78, 5) is 28.4. The Morgan fingerprint density at radius 3 is 2.88 bits per heavy atom. The molecule has 2 aromatic heterocycles. The molecule has 7 heteroatoms. The highest BCUT2D eigenvalue weighted by atomic mass is 32.1. The summed E-state index contributed by atoms with van der Waals surface area (Å²) in [6.45, 7) is 4.63. The van der Waals surface area contributed by atoms with E-state index in [0.717, 1.165) is 29.8 Å². The molecule has 26 heavy (non-hydrogen) atoms. The molecule has 2 amide bonds. The van der Waals surface area contributed by atoms with E-state index in [2.05, 4.69) is 10.4 Å². The van der Waals surface area contributed by atoms with Crippen LogP contribution < -0.4 is 5.32 Å². The number of nitrogens with one attached hydrogen (secondary N) is 1. The molecule has 1 aliphatic heterocycles. The molecule has 6 nitrogen and oxygen atoms in total. The maximum atomic E-state index is 12.6. The number of carbonyl (C=O) groups is 2. The van der Waals surface area contributed by atoms with Crippen LogP contribution in [0.15, 0.2) is 30.6 Å². The minimum Gasteiger partial charge on any atom is -0.349 e. The van der Waals surface area contributed by atoms with Crippen molar-refractivity contribution >= 4 is 29.2 Å². The molecule has 0 aliphatic carbocycles. The Labute approximate surface area is 157 Å². The molecule has 0 bridgehead atoms. The summed E-state index contributed by atoms with van der Waals surface area (Å²) in [6.07, 6.45) is 8.89. The normalized spacial score (nSPS) is 17.4. The zero-order chi connectivity index (χ0) is 18.7. The number of aromatic nitrogens is 2. The molecule has 3 rings (SSSR count). The molecule has 0 spiro atoms. The highest BCUT2D eigenvalue weighted by Crippen LogP contribution is 2.36. The minimum atomic E-state index is -0.0522. The van der Waals surface area contributed by atoms with E-state index in [1.165, 1.54) is 11.3 Å². The second kappa shape index (κ2) is 7.86. The van der Waals surface area contributed by atoms with Gasteiger partial charge in [-0.3, -0.25) is 14.3 Å². The van der Waals surface area contributed by atoms with Crippen LogP contribution >= 0.6 is 11.3 Å². The van der Waals surface area contributed by atoms with Gasteiger partial charge in [-0.2, -0.15) is 5.10 Å². The van der Waals surface area contributed by atoms with Crippen molar-refractivity contribution in [3.63, 3.8) is 0 Å². The smallest absolute Gasteiger partial charge is 0.261 e. The zero-order valence-corrected chi connectivity index (χ0v) is 16.1. The molecule has 1 aliphatic rings. The van der Waals surface area contributed by atoms with Gasteiger partial charge < -0.3 is 10.2 Å². The topological polar surface area (TPSA) is 67.2 Å². The quantitative estimate of drug-likeness (QED) is 0.821. The fourth-order valence-electron chi connectivity index (χ4n) is 3.10. The van der Waals surface area contributed by atoms with Gasteiger partial charge >= 0.3 is 0 Å². The van der Waals surface area contributed by atoms with E-state index in [9.17, 15) is 9.59 Å². The molecule has 0 saturated carbocycles. The number of likely N-dealkylation sites (tertiary alicyclic amines) is 1. The second-order valence-corrected chi connectivity index (χ2v) is 7.92. The predicted molar refractivity (Wildman–Crippen MR) is 103 cm³/mol. The molecule has 1 saturated heterocycles. The monoisotopic (exact) mass is 372 g/mol. The average Bonchev–Trinajstić information content (AvgIpc) is 3.31. The van der Waals surface area contributed by atoms with Gasteiger partial charge in [0, 0.05) is 42.3 Å². The fourth-order valence-corrected chi connectivity index (χ4v) is 4.16. The maximum Gasteiger partial charge on any atom is 0.261 e. The number of amides is 2. The highest BCUT2D eigenvalue weighted by molar-refractivity contribution is 7.14. The van der Waals surface area contributed by atoms with Crippen LogP contribution in [-0.2, 0) is 11.8 Å². The van der Waals surface area contributed by atoms with E-state index in [0.29, 0.717) is 4.88 Å². The van der Waals surface area contributed by atoms with Crippen LogP contribution in [0.25, 0.3) is 6.08 Å². The zero-order valence-electron chi connectivity index (χ0n) is 15.3. The third-order valence-corrected chi connectivity index (χ3v) is 5.46. The lowest BCUT2D eigenvalue weighted by atomic mass is 10.2. The van der Waals surface area contributed by atoms with Crippen molar-refractivity contribution in [1.82, 2.24) is 20.0 Å². The molecule has 1 N–H and O–H groups in total. The molecule has 3 heterocycles. The lowest BCUT2D eigenvalue weighted by molar-refractivity contribution is -0.126. The number of thiophene rings is 1. The first kappa shape index (κ1) is 18.4. The first-order valence-electron chi connectivity index (χ1n) is 8.82. The molecular weight excluding hydrogens is 348 g/mol. The number of aryl methyl sites for hydroxylation is 1. The average molecular weight is 372 g/mol. The van der Waals surface area contributed by atoms with Gasteiger partial charge in [-0.25, -0.2) is 0 Å². The molecule has 0 radical (unpaired) electrons. The molecular formula is C19H24N4O2S. The fraction of sp³-hybridized carbons (Fsp3) is 0.421. The minimum absolute atomic E-state index is 0.00191.